The Hall–Kier alpha value is -0.860. The number of hydrogen-bond acceptors (Lipinski definition) is 2. The molecule has 1 aromatic rings. The molecule has 0 spiro atoms. The highest BCUT2D eigenvalue weighted by atomic mass is 15.3. The average Bonchev–Trinajstić information content (AvgIpc) is 2.91. The largest absolute Gasteiger partial charge is 0.315 e. The number of aromatic nitrogens is 3. The van der Waals surface area contributed by atoms with E-state index in [0.29, 0.717) is 5.41 Å². The van der Waals surface area contributed by atoms with Gasteiger partial charge in [-0.15, -0.1) is 10.2 Å². The molecule has 0 atom stereocenters. The first-order chi connectivity index (χ1) is 10.8. The smallest absolute Gasteiger partial charge is 0.139 e. The second kappa shape index (κ2) is 5.07. The van der Waals surface area contributed by atoms with Crippen LogP contribution in [0.15, 0.2) is 0 Å². The third kappa shape index (κ3) is 2.07. The van der Waals surface area contributed by atoms with Crippen LogP contribution in [0.3, 0.4) is 0 Å². The van der Waals surface area contributed by atoms with Crippen molar-refractivity contribution in [1.82, 2.24) is 14.8 Å². The molecule has 0 amide bonds. The van der Waals surface area contributed by atoms with Crippen molar-refractivity contribution in [1.29, 1.82) is 0 Å². The minimum Gasteiger partial charge on any atom is -0.315 e. The lowest BCUT2D eigenvalue weighted by atomic mass is 9.49. The van der Waals surface area contributed by atoms with Gasteiger partial charge in [0.05, 0.1) is 0 Å². The summed E-state index contributed by atoms with van der Waals surface area (Å²) in [5.41, 5.74) is 0.411. The Kier molecular flexibility index (Phi) is 3.13. The molecule has 1 aliphatic heterocycles. The quantitative estimate of drug-likeness (QED) is 0.776. The van der Waals surface area contributed by atoms with E-state index in [1.165, 1.54) is 88.8 Å². The summed E-state index contributed by atoms with van der Waals surface area (Å²) in [5.74, 6) is 5.69. The summed E-state index contributed by atoms with van der Waals surface area (Å²) in [6.45, 7) is 1.18. The minimum absolute atomic E-state index is 0.411. The van der Waals surface area contributed by atoms with Gasteiger partial charge in [-0.05, 0) is 69.1 Å². The lowest BCUT2D eigenvalue weighted by Crippen LogP contribution is -2.49. The summed E-state index contributed by atoms with van der Waals surface area (Å²) in [6.07, 6.45) is 16.7. The summed E-state index contributed by atoms with van der Waals surface area (Å²) < 4.78 is 2.58. The molecule has 5 aliphatic rings. The maximum atomic E-state index is 4.81. The Morgan fingerprint density at radius 3 is 2.14 bits per heavy atom. The van der Waals surface area contributed by atoms with Crippen molar-refractivity contribution in [3.05, 3.63) is 11.6 Å². The van der Waals surface area contributed by atoms with Gasteiger partial charge in [-0.25, -0.2) is 0 Å². The van der Waals surface area contributed by atoms with Crippen molar-refractivity contribution in [2.24, 2.45) is 17.8 Å². The first-order valence-electron chi connectivity index (χ1n) is 9.75. The van der Waals surface area contributed by atoms with E-state index in [2.05, 4.69) is 9.67 Å². The predicted molar refractivity (Wildman–Crippen MR) is 86.7 cm³/mol. The summed E-state index contributed by atoms with van der Waals surface area (Å²) in [7, 11) is 0. The van der Waals surface area contributed by atoms with Crippen LogP contribution in [0, 0.1) is 17.8 Å². The molecule has 2 heterocycles. The van der Waals surface area contributed by atoms with E-state index in [-0.39, 0.29) is 0 Å². The molecule has 0 unspecified atom stereocenters. The van der Waals surface area contributed by atoms with Crippen molar-refractivity contribution in [2.75, 3.05) is 0 Å². The molecular weight excluding hydrogens is 270 g/mol. The Labute approximate surface area is 133 Å². The molecule has 3 heteroatoms. The summed E-state index contributed by atoms with van der Waals surface area (Å²) >= 11 is 0. The molecule has 4 fully saturated rings. The number of nitrogens with zero attached hydrogens (tertiary/aromatic N) is 3. The van der Waals surface area contributed by atoms with Gasteiger partial charge in [0, 0.05) is 18.4 Å². The van der Waals surface area contributed by atoms with Gasteiger partial charge in [0.1, 0.15) is 11.6 Å². The molecule has 6 rings (SSSR count). The Morgan fingerprint density at radius 1 is 0.773 bits per heavy atom. The van der Waals surface area contributed by atoms with Crippen molar-refractivity contribution in [2.45, 2.75) is 89.0 Å². The normalized spacial score (nSPS) is 40.8. The van der Waals surface area contributed by atoms with Gasteiger partial charge in [0.2, 0.25) is 0 Å². The van der Waals surface area contributed by atoms with E-state index in [9.17, 15) is 0 Å². The van der Waals surface area contributed by atoms with Gasteiger partial charge in [-0.1, -0.05) is 19.3 Å². The molecule has 0 N–H and O–H groups in total. The first kappa shape index (κ1) is 13.6. The first-order valence-corrected chi connectivity index (χ1v) is 9.75. The van der Waals surface area contributed by atoms with Crippen LogP contribution in [-0.4, -0.2) is 14.8 Å². The molecule has 0 aromatic carbocycles. The standard InChI is InChI=1S/C19H29N3/c1-2-4-6-17-20-21-18(22(17)7-5-3-1)19-11-14-8-15(12-19)10-16(9-14)13-19/h14-16H,1-13H2. The van der Waals surface area contributed by atoms with Gasteiger partial charge in [-0.3, -0.25) is 0 Å². The molecule has 1 aromatic heterocycles. The SMILES string of the molecule is C1CCCc2nnc(C34CC5CC(CC(C5)C3)C4)n2CCC1. The zero-order valence-electron chi connectivity index (χ0n) is 13.8. The third-order valence-electron chi connectivity index (χ3n) is 7.12. The maximum absolute atomic E-state index is 4.81. The third-order valence-corrected chi connectivity index (χ3v) is 7.12. The molecule has 0 radical (unpaired) electrons. The van der Waals surface area contributed by atoms with Crippen molar-refractivity contribution >= 4 is 0 Å². The molecule has 0 saturated heterocycles. The maximum Gasteiger partial charge on any atom is 0.139 e. The van der Waals surface area contributed by atoms with Gasteiger partial charge < -0.3 is 4.57 Å². The van der Waals surface area contributed by atoms with Gasteiger partial charge in [-0.2, -0.15) is 0 Å². The van der Waals surface area contributed by atoms with Crippen LogP contribution in [0.4, 0.5) is 0 Å². The molecule has 22 heavy (non-hydrogen) atoms. The lowest BCUT2D eigenvalue weighted by Gasteiger charge is -2.56. The fraction of sp³-hybridized carbons (Fsp3) is 0.895. The van der Waals surface area contributed by atoms with Crippen LogP contribution in [0.5, 0.6) is 0 Å². The molecule has 4 aliphatic carbocycles. The number of hydrogen-bond donors (Lipinski definition) is 0. The van der Waals surface area contributed by atoms with Crippen molar-refractivity contribution in [3.63, 3.8) is 0 Å². The monoisotopic (exact) mass is 299 g/mol. The molecule has 120 valence electrons. The highest BCUT2D eigenvalue weighted by Gasteiger charge is 2.53. The van der Waals surface area contributed by atoms with E-state index >= 15 is 0 Å². The van der Waals surface area contributed by atoms with Gasteiger partial charge in [0.15, 0.2) is 0 Å². The highest BCUT2D eigenvalue weighted by Crippen LogP contribution is 2.60. The van der Waals surface area contributed by atoms with Crippen LogP contribution in [0.25, 0.3) is 0 Å². The van der Waals surface area contributed by atoms with E-state index in [1.807, 2.05) is 0 Å². The zero-order valence-corrected chi connectivity index (χ0v) is 13.8. The Balaban J connectivity index is 1.52. The topological polar surface area (TPSA) is 30.7 Å². The second-order valence-electron chi connectivity index (χ2n) is 8.81. The van der Waals surface area contributed by atoms with E-state index < -0.39 is 0 Å². The predicted octanol–water partition coefficient (Wildman–Crippen LogP) is 4.25. The van der Waals surface area contributed by atoms with Crippen LogP contribution >= 0.6 is 0 Å². The molecule has 4 saturated carbocycles. The van der Waals surface area contributed by atoms with E-state index in [0.717, 1.165) is 24.2 Å². The van der Waals surface area contributed by atoms with Crippen LogP contribution < -0.4 is 0 Å². The molecule has 4 bridgehead atoms. The summed E-state index contributed by atoms with van der Waals surface area (Å²) in [4.78, 5) is 0. The van der Waals surface area contributed by atoms with Crippen LogP contribution in [-0.2, 0) is 18.4 Å². The van der Waals surface area contributed by atoms with E-state index in [1.54, 1.807) is 0 Å². The average molecular weight is 299 g/mol. The van der Waals surface area contributed by atoms with Crippen LogP contribution in [0.2, 0.25) is 0 Å². The van der Waals surface area contributed by atoms with Crippen molar-refractivity contribution in [3.8, 4) is 0 Å². The van der Waals surface area contributed by atoms with Crippen LogP contribution in [0.1, 0.15) is 82.3 Å². The summed E-state index contributed by atoms with van der Waals surface area (Å²) in [6, 6.07) is 0. The molecule has 3 nitrogen and oxygen atoms in total. The zero-order chi connectivity index (χ0) is 14.6. The second-order valence-corrected chi connectivity index (χ2v) is 8.81. The fourth-order valence-corrected chi connectivity index (χ4v) is 6.62. The number of aryl methyl sites for hydroxylation is 1. The molecular formula is C19H29N3. The highest BCUT2D eigenvalue weighted by molar-refractivity contribution is 5.19. The summed E-state index contributed by atoms with van der Waals surface area (Å²) in [5, 5.41) is 9.48. The van der Waals surface area contributed by atoms with E-state index in [4.69, 9.17) is 5.10 Å². The van der Waals surface area contributed by atoms with Crippen molar-refractivity contribution < 1.29 is 0 Å². The fourth-order valence-electron chi connectivity index (χ4n) is 6.62. The lowest BCUT2D eigenvalue weighted by molar-refractivity contribution is -0.0113. The number of fused-ring (bicyclic) bond motifs is 1. The Morgan fingerprint density at radius 2 is 1.41 bits per heavy atom. The Bertz CT molecular complexity index is 524. The number of rotatable bonds is 1. The van der Waals surface area contributed by atoms with Gasteiger partial charge >= 0.3 is 0 Å². The van der Waals surface area contributed by atoms with Gasteiger partial charge in [0.25, 0.3) is 0 Å². The minimum atomic E-state index is 0.411.